The average molecular weight is 226 g/mol. The van der Waals surface area contributed by atoms with Crippen molar-refractivity contribution in [2.75, 3.05) is 0 Å². The van der Waals surface area contributed by atoms with Crippen molar-refractivity contribution in [2.45, 2.75) is 12.5 Å². The van der Waals surface area contributed by atoms with Crippen LogP contribution in [0.2, 0.25) is 0 Å². The van der Waals surface area contributed by atoms with E-state index in [4.69, 9.17) is 0 Å². The minimum absolute atomic E-state index is 0.650. The molecule has 0 saturated heterocycles. The van der Waals surface area contributed by atoms with E-state index in [0.29, 0.717) is 5.56 Å². The largest absolute Gasteiger partial charge is 0.382 e. The van der Waals surface area contributed by atoms with Crippen LogP contribution in [0.3, 0.4) is 0 Å². The molecule has 17 heavy (non-hydrogen) atoms. The van der Waals surface area contributed by atoms with Gasteiger partial charge in [-0.05, 0) is 36.3 Å². The molecule has 2 nitrogen and oxygen atoms in total. The fourth-order valence-electron chi connectivity index (χ4n) is 1.70. The van der Waals surface area contributed by atoms with Crippen LogP contribution < -0.4 is 0 Å². The van der Waals surface area contributed by atoms with Gasteiger partial charge in [-0.2, -0.15) is 0 Å². The maximum atomic E-state index is 10.7. The fourth-order valence-corrected chi connectivity index (χ4v) is 1.70. The lowest BCUT2D eigenvalue weighted by Crippen LogP contribution is -2.15. The molecule has 0 radical (unpaired) electrons. The van der Waals surface area contributed by atoms with Crippen LogP contribution in [0.1, 0.15) is 22.8 Å². The SMILES string of the molecule is CC1(O)C=CC=C(c2cccc(C=O)c2)C=C1. The molecular formula is C15H14O2. The Hall–Kier alpha value is -1.93. The van der Waals surface area contributed by atoms with Gasteiger partial charge in [0.25, 0.3) is 0 Å². The van der Waals surface area contributed by atoms with Crippen LogP contribution in [0.4, 0.5) is 0 Å². The zero-order valence-electron chi connectivity index (χ0n) is 9.63. The van der Waals surface area contributed by atoms with E-state index in [1.54, 1.807) is 25.1 Å². The summed E-state index contributed by atoms with van der Waals surface area (Å²) >= 11 is 0. The van der Waals surface area contributed by atoms with Crippen molar-refractivity contribution in [3.63, 3.8) is 0 Å². The Morgan fingerprint density at radius 1 is 1.29 bits per heavy atom. The molecule has 0 aliphatic heterocycles. The summed E-state index contributed by atoms with van der Waals surface area (Å²) in [5, 5.41) is 9.86. The minimum Gasteiger partial charge on any atom is -0.382 e. The summed E-state index contributed by atoms with van der Waals surface area (Å²) in [4.78, 5) is 10.7. The number of aliphatic hydroxyl groups is 1. The maximum absolute atomic E-state index is 10.7. The first-order chi connectivity index (χ1) is 8.11. The highest BCUT2D eigenvalue weighted by molar-refractivity contribution is 5.81. The third kappa shape index (κ3) is 2.80. The number of allylic oxidation sites excluding steroid dienone is 4. The molecule has 1 aromatic carbocycles. The second-order valence-corrected chi connectivity index (χ2v) is 4.28. The Labute approximate surface area is 101 Å². The molecule has 1 aliphatic rings. The number of carbonyl (C=O) groups excluding carboxylic acids is 1. The lowest BCUT2D eigenvalue weighted by atomic mass is 10.0. The summed E-state index contributed by atoms with van der Waals surface area (Å²) < 4.78 is 0. The summed E-state index contributed by atoms with van der Waals surface area (Å²) in [6.07, 6.45) is 9.89. The molecule has 2 heteroatoms. The second-order valence-electron chi connectivity index (χ2n) is 4.28. The molecule has 1 atom stereocenters. The third-order valence-electron chi connectivity index (χ3n) is 2.67. The third-order valence-corrected chi connectivity index (χ3v) is 2.67. The van der Waals surface area contributed by atoms with Crippen molar-refractivity contribution < 1.29 is 9.90 Å². The topological polar surface area (TPSA) is 37.3 Å². The molecule has 1 aromatic rings. The van der Waals surface area contributed by atoms with E-state index in [2.05, 4.69) is 0 Å². The van der Waals surface area contributed by atoms with Crippen LogP contribution in [0.25, 0.3) is 5.57 Å². The van der Waals surface area contributed by atoms with Gasteiger partial charge in [-0.1, -0.05) is 36.4 Å². The number of hydrogen-bond donors (Lipinski definition) is 1. The summed E-state index contributed by atoms with van der Waals surface area (Å²) in [5.41, 5.74) is 1.67. The zero-order valence-corrected chi connectivity index (χ0v) is 9.63. The first-order valence-electron chi connectivity index (χ1n) is 5.47. The molecule has 0 saturated carbocycles. The van der Waals surface area contributed by atoms with Crippen molar-refractivity contribution in [1.82, 2.24) is 0 Å². The van der Waals surface area contributed by atoms with Gasteiger partial charge >= 0.3 is 0 Å². The van der Waals surface area contributed by atoms with Crippen molar-refractivity contribution in [3.05, 3.63) is 65.8 Å². The molecule has 0 fully saturated rings. The van der Waals surface area contributed by atoms with Crippen molar-refractivity contribution >= 4 is 11.9 Å². The quantitative estimate of drug-likeness (QED) is 0.787. The van der Waals surface area contributed by atoms with Gasteiger partial charge in [-0.15, -0.1) is 0 Å². The van der Waals surface area contributed by atoms with Gasteiger partial charge < -0.3 is 5.11 Å². The fraction of sp³-hybridized carbons (Fsp3) is 0.133. The van der Waals surface area contributed by atoms with Crippen molar-refractivity contribution in [1.29, 1.82) is 0 Å². The highest BCUT2D eigenvalue weighted by atomic mass is 16.3. The van der Waals surface area contributed by atoms with Crippen LogP contribution in [-0.4, -0.2) is 17.0 Å². The lowest BCUT2D eigenvalue weighted by molar-refractivity contribution is 0.112. The van der Waals surface area contributed by atoms with E-state index in [-0.39, 0.29) is 0 Å². The Morgan fingerprint density at radius 3 is 2.88 bits per heavy atom. The van der Waals surface area contributed by atoms with E-state index >= 15 is 0 Å². The molecule has 2 rings (SSSR count). The van der Waals surface area contributed by atoms with Gasteiger partial charge in [0.1, 0.15) is 6.29 Å². The van der Waals surface area contributed by atoms with E-state index in [9.17, 15) is 9.90 Å². The minimum atomic E-state index is -0.916. The number of carbonyl (C=O) groups is 1. The predicted molar refractivity (Wildman–Crippen MR) is 68.7 cm³/mol. The molecule has 86 valence electrons. The Kier molecular flexibility index (Phi) is 3.07. The summed E-state index contributed by atoms with van der Waals surface area (Å²) in [6, 6.07) is 7.39. The predicted octanol–water partition coefficient (Wildman–Crippen LogP) is 2.76. The first kappa shape index (κ1) is 11.6. The van der Waals surface area contributed by atoms with Gasteiger partial charge in [0.15, 0.2) is 0 Å². The highest BCUT2D eigenvalue weighted by Gasteiger charge is 2.13. The van der Waals surface area contributed by atoms with E-state index < -0.39 is 5.60 Å². The van der Waals surface area contributed by atoms with Crippen molar-refractivity contribution in [3.8, 4) is 0 Å². The van der Waals surface area contributed by atoms with Gasteiger partial charge in [0.2, 0.25) is 0 Å². The highest BCUT2D eigenvalue weighted by Crippen LogP contribution is 2.22. The molecule has 0 amide bonds. The molecule has 0 heterocycles. The summed E-state index contributed by atoms with van der Waals surface area (Å²) in [6.45, 7) is 1.72. The number of rotatable bonds is 2. The van der Waals surface area contributed by atoms with E-state index in [1.165, 1.54) is 0 Å². The molecule has 0 spiro atoms. The molecule has 1 aliphatic carbocycles. The zero-order chi connectivity index (χ0) is 12.3. The van der Waals surface area contributed by atoms with Crippen LogP contribution in [0.5, 0.6) is 0 Å². The van der Waals surface area contributed by atoms with Crippen LogP contribution in [0.15, 0.2) is 54.6 Å². The Balaban J connectivity index is 2.38. The second kappa shape index (κ2) is 4.52. The standard InChI is InChI=1S/C15H14O2/c1-15(17)8-3-6-13(7-9-15)14-5-2-4-12(10-14)11-16/h2-11,17H,1H3. The van der Waals surface area contributed by atoms with E-state index in [0.717, 1.165) is 17.4 Å². The average Bonchev–Trinajstić information content (AvgIpc) is 2.50. The lowest BCUT2D eigenvalue weighted by Gasteiger charge is -2.11. The smallest absolute Gasteiger partial charge is 0.150 e. The number of benzene rings is 1. The molecule has 1 N–H and O–H groups in total. The van der Waals surface area contributed by atoms with Crippen LogP contribution in [0, 0.1) is 0 Å². The maximum Gasteiger partial charge on any atom is 0.150 e. The first-order valence-corrected chi connectivity index (χ1v) is 5.47. The summed E-state index contributed by atoms with van der Waals surface area (Å²) in [5.74, 6) is 0. The monoisotopic (exact) mass is 226 g/mol. The molecule has 0 bridgehead atoms. The van der Waals surface area contributed by atoms with Gasteiger partial charge in [-0.25, -0.2) is 0 Å². The van der Waals surface area contributed by atoms with E-state index in [1.807, 2.05) is 36.4 Å². The normalized spacial score (nSPS) is 23.1. The summed E-state index contributed by atoms with van der Waals surface area (Å²) in [7, 11) is 0. The Bertz CT molecular complexity index is 519. The van der Waals surface area contributed by atoms with Gasteiger partial charge in [-0.3, -0.25) is 4.79 Å². The number of hydrogen-bond acceptors (Lipinski definition) is 2. The van der Waals surface area contributed by atoms with Crippen LogP contribution >= 0.6 is 0 Å². The van der Waals surface area contributed by atoms with Crippen LogP contribution in [-0.2, 0) is 0 Å². The molecule has 0 aromatic heterocycles. The molecular weight excluding hydrogens is 212 g/mol. The van der Waals surface area contributed by atoms with Crippen molar-refractivity contribution in [2.24, 2.45) is 0 Å². The van der Waals surface area contributed by atoms with Gasteiger partial charge in [0.05, 0.1) is 5.60 Å². The van der Waals surface area contributed by atoms with Gasteiger partial charge in [0, 0.05) is 5.56 Å². The molecule has 1 unspecified atom stereocenters. The Morgan fingerprint density at radius 2 is 2.12 bits per heavy atom. The number of aldehydes is 1.